The standard InChI is InChI=1S/C31H31ClN2O3/c1-4-37-23-15-11-21(12-16-23)30-29-25(18-31(2,3)19-27(29)35)33-24-7-5-6-8-26(24)34(30)28(36)17-20-9-13-22(32)14-10-20/h5-16,30,33H,4,17-19H2,1-3H3/t30-/m1/s1. The molecule has 1 amide bonds. The van der Waals surface area contributed by atoms with Crippen molar-refractivity contribution >= 4 is 34.7 Å². The Morgan fingerprint density at radius 3 is 2.43 bits per heavy atom. The third kappa shape index (κ3) is 5.14. The van der Waals surface area contributed by atoms with Gasteiger partial charge in [-0.25, -0.2) is 0 Å². The van der Waals surface area contributed by atoms with E-state index in [1.807, 2.05) is 67.6 Å². The molecule has 0 fully saturated rings. The van der Waals surface area contributed by atoms with Gasteiger partial charge in [0.1, 0.15) is 5.75 Å². The summed E-state index contributed by atoms with van der Waals surface area (Å²) in [5, 5.41) is 4.18. The number of halogens is 1. The minimum Gasteiger partial charge on any atom is -0.494 e. The van der Waals surface area contributed by atoms with Crippen LogP contribution >= 0.6 is 11.6 Å². The Kier molecular flexibility index (Phi) is 6.82. The molecule has 1 aliphatic heterocycles. The lowest BCUT2D eigenvalue weighted by Gasteiger charge is -2.37. The highest BCUT2D eigenvalue weighted by molar-refractivity contribution is 6.30. The van der Waals surface area contributed by atoms with Gasteiger partial charge in [-0.15, -0.1) is 0 Å². The average molecular weight is 515 g/mol. The summed E-state index contributed by atoms with van der Waals surface area (Å²) in [6.07, 6.45) is 1.33. The summed E-state index contributed by atoms with van der Waals surface area (Å²) in [4.78, 5) is 29.7. The summed E-state index contributed by atoms with van der Waals surface area (Å²) in [5.41, 5.74) is 4.66. The number of carbonyl (C=O) groups is 2. The van der Waals surface area contributed by atoms with Crippen LogP contribution in [0.25, 0.3) is 0 Å². The smallest absolute Gasteiger partial charge is 0.232 e. The molecule has 5 rings (SSSR count). The van der Waals surface area contributed by atoms with Crippen LogP contribution in [0.4, 0.5) is 11.4 Å². The molecule has 1 aliphatic carbocycles. The highest BCUT2D eigenvalue weighted by Gasteiger charge is 2.43. The summed E-state index contributed by atoms with van der Waals surface area (Å²) in [5.74, 6) is 0.722. The van der Waals surface area contributed by atoms with Crippen molar-refractivity contribution in [2.24, 2.45) is 5.41 Å². The average Bonchev–Trinajstić information content (AvgIpc) is 3.00. The van der Waals surface area contributed by atoms with Gasteiger partial charge in [0.2, 0.25) is 5.91 Å². The Labute approximate surface area is 223 Å². The van der Waals surface area contributed by atoms with Gasteiger partial charge < -0.3 is 10.1 Å². The molecular weight excluding hydrogens is 484 g/mol. The Morgan fingerprint density at radius 1 is 1.03 bits per heavy atom. The van der Waals surface area contributed by atoms with Crippen LogP contribution in [0.3, 0.4) is 0 Å². The van der Waals surface area contributed by atoms with Gasteiger partial charge >= 0.3 is 0 Å². The minimum absolute atomic E-state index is 0.0646. The summed E-state index contributed by atoms with van der Waals surface area (Å²) in [6.45, 7) is 6.73. The van der Waals surface area contributed by atoms with Crippen molar-refractivity contribution in [1.82, 2.24) is 0 Å². The quantitative estimate of drug-likeness (QED) is 0.393. The molecule has 0 saturated heterocycles. The number of ketones is 1. The van der Waals surface area contributed by atoms with Crippen molar-refractivity contribution in [2.75, 3.05) is 16.8 Å². The minimum atomic E-state index is -0.565. The number of Topliss-reactive ketones (excluding diaryl/α,β-unsaturated/α-hetero) is 1. The number of nitrogens with zero attached hydrogens (tertiary/aromatic N) is 1. The van der Waals surface area contributed by atoms with Crippen molar-refractivity contribution in [1.29, 1.82) is 0 Å². The maximum absolute atomic E-state index is 14.1. The molecule has 0 bridgehead atoms. The van der Waals surface area contributed by atoms with E-state index in [1.165, 1.54) is 0 Å². The van der Waals surface area contributed by atoms with E-state index in [9.17, 15) is 9.59 Å². The number of rotatable bonds is 5. The molecule has 0 radical (unpaired) electrons. The number of para-hydroxylation sites is 2. The predicted molar refractivity (Wildman–Crippen MR) is 148 cm³/mol. The number of nitrogens with one attached hydrogen (secondary N) is 1. The molecule has 37 heavy (non-hydrogen) atoms. The zero-order valence-corrected chi connectivity index (χ0v) is 22.1. The SMILES string of the molecule is CCOc1ccc([C@@H]2C3=C(CC(C)(C)CC3=O)Nc3ccccc3N2C(=O)Cc2ccc(Cl)cc2)cc1. The number of amides is 1. The fraction of sp³-hybridized carbons (Fsp3) is 0.290. The zero-order valence-electron chi connectivity index (χ0n) is 21.4. The Bertz CT molecular complexity index is 1360. The Hall–Kier alpha value is -3.57. The van der Waals surface area contributed by atoms with Crippen LogP contribution in [0.5, 0.6) is 5.75 Å². The first kappa shape index (κ1) is 25.1. The van der Waals surface area contributed by atoms with Crippen molar-refractivity contribution in [2.45, 2.75) is 46.1 Å². The molecule has 3 aromatic carbocycles. The molecule has 0 aromatic heterocycles. The summed E-state index contributed by atoms with van der Waals surface area (Å²) in [6, 6.07) is 22.3. The van der Waals surface area contributed by atoms with Crippen LogP contribution in [-0.4, -0.2) is 18.3 Å². The van der Waals surface area contributed by atoms with Crippen LogP contribution in [0.15, 0.2) is 84.1 Å². The summed E-state index contributed by atoms with van der Waals surface area (Å²) < 4.78 is 5.66. The highest BCUT2D eigenvalue weighted by atomic mass is 35.5. The molecule has 0 saturated carbocycles. The van der Waals surface area contributed by atoms with Crippen molar-refractivity contribution in [3.8, 4) is 5.75 Å². The van der Waals surface area contributed by atoms with Gasteiger partial charge in [0.25, 0.3) is 0 Å². The number of allylic oxidation sites excluding steroid dienone is 1. The van der Waals surface area contributed by atoms with Crippen LogP contribution in [0.1, 0.15) is 50.8 Å². The lowest BCUT2D eigenvalue weighted by Crippen LogP contribution is -2.40. The van der Waals surface area contributed by atoms with Gasteiger partial charge in [0.05, 0.1) is 30.4 Å². The van der Waals surface area contributed by atoms with Gasteiger partial charge in [-0.1, -0.05) is 61.8 Å². The molecule has 0 spiro atoms. The number of hydrogen-bond donors (Lipinski definition) is 1. The second-order valence-electron chi connectivity index (χ2n) is 10.4. The lowest BCUT2D eigenvalue weighted by molar-refractivity contribution is -0.119. The molecule has 1 heterocycles. The predicted octanol–water partition coefficient (Wildman–Crippen LogP) is 7.12. The van der Waals surface area contributed by atoms with E-state index in [1.54, 1.807) is 17.0 Å². The van der Waals surface area contributed by atoms with Gasteiger partial charge in [0.15, 0.2) is 5.78 Å². The van der Waals surface area contributed by atoms with Gasteiger partial charge in [-0.3, -0.25) is 14.5 Å². The van der Waals surface area contributed by atoms with Crippen LogP contribution in [-0.2, 0) is 16.0 Å². The number of fused-ring (bicyclic) bond motifs is 1. The van der Waals surface area contributed by atoms with Crippen LogP contribution in [0, 0.1) is 5.41 Å². The fourth-order valence-electron chi connectivity index (χ4n) is 5.35. The van der Waals surface area contributed by atoms with E-state index in [2.05, 4.69) is 19.2 Å². The first-order valence-corrected chi connectivity index (χ1v) is 13.0. The molecular formula is C31H31ClN2O3. The third-order valence-corrected chi connectivity index (χ3v) is 7.20. The maximum atomic E-state index is 14.1. The summed E-state index contributed by atoms with van der Waals surface area (Å²) >= 11 is 6.08. The van der Waals surface area contributed by atoms with Crippen molar-refractivity contribution < 1.29 is 14.3 Å². The number of ether oxygens (including phenoxy) is 1. The first-order valence-electron chi connectivity index (χ1n) is 12.7. The second-order valence-corrected chi connectivity index (χ2v) is 10.9. The lowest BCUT2D eigenvalue weighted by atomic mass is 9.73. The number of benzene rings is 3. The Balaban J connectivity index is 1.68. The number of anilines is 2. The van der Waals surface area contributed by atoms with E-state index in [0.717, 1.165) is 40.4 Å². The van der Waals surface area contributed by atoms with E-state index in [0.29, 0.717) is 23.6 Å². The summed E-state index contributed by atoms with van der Waals surface area (Å²) in [7, 11) is 0. The molecule has 0 unspecified atom stereocenters. The highest BCUT2D eigenvalue weighted by Crippen LogP contribution is 2.48. The fourth-order valence-corrected chi connectivity index (χ4v) is 5.48. The van der Waals surface area contributed by atoms with Crippen molar-refractivity contribution in [3.63, 3.8) is 0 Å². The molecule has 1 N–H and O–H groups in total. The van der Waals surface area contributed by atoms with E-state index in [-0.39, 0.29) is 23.5 Å². The zero-order chi connectivity index (χ0) is 26.2. The largest absolute Gasteiger partial charge is 0.494 e. The number of hydrogen-bond acceptors (Lipinski definition) is 4. The van der Waals surface area contributed by atoms with Gasteiger partial charge in [-0.05, 0) is 66.3 Å². The van der Waals surface area contributed by atoms with E-state index in [4.69, 9.17) is 16.3 Å². The second kappa shape index (κ2) is 10.1. The van der Waals surface area contributed by atoms with Gasteiger partial charge in [0, 0.05) is 22.7 Å². The third-order valence-electron chi connectivity index (χ3n) is 6.94. The van der Waals surface area contributed by atoms with E-state index >= 15 is 0 Å². The first-order chi connectivity index (χ1) is 17.8. The van der Waals surface area contributed by atoms with Crippen LogP contribution in [0.2, 0.25) is 5.02 Å². The van der Waals surface area contributed by atoms with E-state index < -0.39 is 6.04 Å². The molecule has 3 aromatic rings. The van der Waals surface area contributed by atoms with Crippen molar-refractivity contribution in [3.05, 3.63) is 100 Å². The molecule has 1 atom stereocenters. The normalized spacial score (nSPS) is 18.4. The van der Waals surface area contributed by atoms with Crippen LogP contribution < -0.4 is 15.0 Å². The van der Waals surface area contributed by atoms with Gasteiger partial charge in [-0.2, -0.15) is 0 Å². The monoisotopic (exact) mass is 514 g/mol. The number of carbonyl (C=O) groups excluding carboxylic acids is 2. The topological polar surface area (TPSA) is 58.6 Å². The molecule has 2 aliphatic rings. The molecule has 190 valence electrons. The Morgan fingerprint density at radius 2 is 1.73 bits per heavy atom. The molecule has 5 nitrogen and oxygen atoms in total. The maximum Gasteiger partial charge on any atom is 0.232 e. The molecule has 6 heteroatoms.